The smallest absolute Gasteiger partial charge is 0.275 e. The molecule has 0 aliphatic heterocycles. The first-order valence-corrected chi connectivity index (χ1v) is 8.38. The molecule has 0 atom stereocenters. The summed E-state index contributed by atoms with van der Waals surface area (Å²) in [5.41, 5.74) is 1.60. The Labute approximate surface area is 144 Å². The monoisotopic (exact) mass is 334 g/mol. The van der Waals surface area contributed by atoms with Crippen molar-refractivity contribution in [1.82, 2.24) is 20.1 Å². The van der Waals surface area contributed by atoms with Crippen LogP contribution < -0.4 is 10.9 Å². The molecule has 1 aromatic carbocycles. The highest BCUT2D eigenvalue weighted by Crippen LogP contribution is 2.19. The van der Waals surface area contributed by atoms with Gasteiger partial charge >= 0.3 is 0 Å². The van der Waals surface area contributed by atoms with Crippen molar-refractivity contribution in [2.75, 3.05) is 0 Å². The summed E-state index contributed by atoms with van der Waals surface area (Å²) in [6, 6.07) is 11.5. The molecule has 1 N–H and O–H groups in total. The minimum Gasteiger partial charge on any atom is -0.352 e. The van der Waals surface area contributed by atoms with Crippen LogP contribution in [0.5, 0.6) is 0 Å². The lowest BCUT2D eigenvalue weighted by atomic mass is 10.1. The van der Waals surface area contributed by atoms with Gasteiger partial charge in [-0.2, -0.15) is 5.10 Å². The molecule has 0 unspecified atom stereocenters. The van der Waals surface area contributed by atoms with E-state index >= 15 is 0 Å². The van der Waals surface area contributed by atoms with E-state index in [2.05, 4.69) is 15.4 Å². The fourth-order valence-electron chi connectivity index (χ4n) is 2.87. The Hall–Kier alpha value is -3.02. The zero-order valence-corrected chi connectivity index (χ0v) is 13.7. The topological polar surface area (TPSA) is 76.9 Å². The Morgan fingerprint density at radius 3 is 2.56 bits per heavy atom. The summed E-state index contributed by atoms with van der Waals surface area (Å²) >= 11 is 0. The number of nitrogens with one attached hydrogen (secondary N) is 1. The number of benzene rings is 1. The molecule has 25 heavy (non-hydrogen) atoms. The van der Waals surface area contributed by atoms with Gasteiger partial charge in [0.15, 0.2) is 0 Å². The number of carbonyl (C=O) groups is 1. The summed E-state index contributed by atoms with van der Waals surface area (Å²) in [5.74, 6) is -0.165. The third-order valence-corrected chi connectivity index (χ3v) is 4.30. The van der Waals surface area contributed by atoms with E-state index in [-0.39, 0.29) is 24.1 Å². The molecule has 6 heteroatoms. The van der Waals surface area contributed by atoms with Crippen molar-refractivity contribution in [2.24, 2.45) is 0 Å². The van der Waals surface area contributed by atoms with Gasteiger partial charge in [-0.3, -0.25) is 14.6 Å². The number of fused-ring (bicyclic) bond motifs is 1. The highest BCUT2D eigenvalue weighted by molar-refractivity contribution is 5.84. The van der Waals surface area contributed by atoms with Gasteiger partial charge in [-0.1, -0.05) is 18.2 Å². The third-order valence-electron chi connectivity index (χ3n) is 4.30. The van der Waals surface area contributed by atoms with Gasteiger partial charge in [0, 0.05) is 30.2 Å². The number of hydrogen-bond donors (Lipinski definition) is 1. The molecular formula is C19H18N4O2. The lowest BCUT2D eigenvalue weighted by molar-refractivity contribution is -0.122. The molecule has 126 valence electrons. The van der Waals surface area contributed by atoms with E-state index in [0.29, 0.717) is 11.8 Å². The van der Waals surface area contributed by atoms with E-state index in [9.17, 15) is 9.59 Å². The van der Waals surface area contributed by atoms with E-state index in [1.54, 1.807) is 18.5 Å². The van der Waals surface area contributed by atoms with Crippen LogP contribution in [0.2, 0.25) is 0 Å². The van der Waals surface area contributed by atoms with Crippen molar-refractivity contribution in [3.8, 4) is 0 Å². The average molecular weight is 334 g/mol. The Morgan fingerprint density at radius 2 is 1.84 bits per heavy atom. The Morgan fingerprint density at radius 1 is 1.12 bits per heavy atom. The SMILES string of the molecule is O=C(Cn1nc(Cc2ccncc2)c2ccccc2c1=O)NC1CC1. The summed E-state index contributed by atoms with van der Waals surface area (Å²) in [6.07, 6.45) is 6.07. The maximum Gasteiger partial charge on any atom is 0.275 e. The Bertz CT molecular complexity index is 978. The van der Waals surface area contributed by atoms with Crippen molar-refractivity contribution in [1.29, 1.82) is 0 Å². The normalized spacial score (nSPS) is 13.8. The van der Waals surface area contributed by atoms with Crippen molar-refractivity contribution >= 4 is 16.7 Å². The summed E-state index contributed by atoms with van der Waals surface area (Å²) in [5, 5.41) is 8.79. The number of amides is 1. The van der Waals surface area contributed by atoms with Crippen molar-refractivity contribution < 1.29 is 4.79 Å². The van der Waals surface area contributed by atoms with E-state index in [1.165, 1.54) is 4.68 Å². The van der Waals surface area contributed by atoms with Crippen LogP contribution in [0.1, 0.15) is 24.1 Å². The zero-order valence-electron chi connectivity index (χ0n) is 13.7. The molecular weight excluding hydrogens is 316 g/mol. The fraction of sp³-hybridized carbons (Fsp3) is 0.263. The largest absolute Gasteiger partial charge is 0.352 e. The first kappa shape index (κ1) is 15.5. The lowest BCUT2D eigenvalue weighted by Gasteiger charge is -2.11. The molecule has 1 aliphatic rings. The molecule has 1 aliphatic carbocycles. The van der Waals surface area contributed by atoms with Crippen LogP contribution in [-0.4, -0.2) is 26.7 Å². The number of carbonyl (C=O) groups excluding carboxylic acids is 1. The van der Waals surface area contributed by atoms with E-state index < -0.39 is 0 Å². The second-order valence-electron chi connectivity index (χ2n) is 6.33. The molecule has 1 saturated carbocycles. The van der Waals surface area contributed by atoms with Gasteiger partial charge in [0.2, 0.25) is 5.91 Å². The third kappa shape index (κ3) is 3.42. The quantitative estimate of drug-likeness (QED) is 0.770. The minimum absolute atomic E-state index is 0.0521. The van der Waals surface area contributed by atoms with Crippen LogP contribution in [0.4, 0.5) is 0 Å². The van der Waals surface area contributed by atoms with E-state index in [0.717, 1.165) is 29.5 Å². The Balaban J connectivity index is 1.73. The van der Waals surface area contributed by atoms with Crippen LogP contribution in [-0.2, 0) is 17.8 Å². The molecule has 3 aromatic rings. The first-order valence-electron chi connectivity index (χ1n) is 8.38. The zero-order chi connectivity index (χ0) is 17.2. The van der Waals surface area contributed by atoms with Crippen LogP contribution in [0.15, 0.2) is 53.6 Å². The summed E-state index contributed by atoms with van der Waals surface area (Å²) in [6.45, 7) is -0.0521. The van der Waals surface area contributed by atoms with Gasteiger partial charge in [-0.25, -0.2) is 4.68 Å². The van der Waals surface area contributed by atoms with Crippen LogP contribution in [0, 0.1) is 0 Å². The minimum atomic E-state index is -0.236. The number of aromatic nitrogens is 3. The summed E-state index contributed by atoms with van der Waals surface area (Å²) < 4.78 is 1.27. The molecule has 1 fully saturated rings. The Kier molecular flexibility index (Phi) is 4.01. The highest BCUT2D eigenvalue weighted by atomic mass is 16.2. The first-order chi connectivity index (χ1) is 12.2. The molecule has 1 amide bonds. The van der Waals surface area contributed by atoms with Gasteiger partial charge in [-0.05, 0) is 36.6 Å². The van der Waals surface area contributed by atoms with Gasteiger partial charge in [-0.15, -0.1) is 0 Å². The van der Waals surface area contributed by atoms with E-state index in [4.69, 9.17) is 0 Å². The second-order valence-corrected chi connectivity index (χ2v) is 6.33. The van der Waals surface area contributed by atoms with Gasteiger partial charge < -0.3 is 5.32 Å². The average Bonchev–Trinajstić information content (AvgIpc) is 3.44. The van der Waals surface area contributed by atoms with Crippen LogP contribution >= 0.6 is 0 Å². The summed E-state index contributed by atoms with van der Waals surface area (Å²) in [4.78, 5) is 28.8. The van der Waals surface area contributed by atoms with Crippen molar-refractivity contribution in [2.45, 2.75) is 31.8 Å². The predicted molar refractivity (Wildman–Crippen MR) is 94.2 cm³/mol. The fourth-order valence-corrected chi connectivity index (χ4v) is 2.87. The molecule has 6 nitrogen and oxygen atoms in total. The van der Waals surface area contributed by atoms with Crippen molar-refractivity contribution in [3.63, 3.8) is 0 Å². The van der Waals surface area contributed by atoms with Crippen LogP contribution in [0.3, 0.4) is 0 Å². The maximum absolute atomic E-state index is 12.7. The molecule has 2 aromatic heterocycles. The number of hydrogen-bond acceptors (Lipinski definition) is 4. The molecule has 4 rings (SSSR count). The second kappa shape index (κ2) is 6.47. The molecule has 0 radical (unpaired) electrons. The number of rotatable bonds is 5. The van der Waals surface area contributed by atoms with Gasteiger partial charge in [0.25, 0.3) is 5.56 Å². The van der Waals surface area contributed by atoms with Crippen LogP contribution in [0.25, 0.3) is 10.8 Å². The highest BCUT2D eigenvalue weighted by Gasteiger charge is 2.23. The number of pyridine rings is 1. The van der Waals surface area contributed by atoms with E-state index in [1.807, 2.05) is 30.3 Å². The van der Waals surface area contributed by atoms with Gasteiger partial charge in [0.1, 0.15) is 6.54 Å². The molecule has 0 saturated heterocycles. The number of nitrogens with zero attached hydrogens (tertiary/aromatic N) is 3. The van der Waals surface area contributed by atoms with Gasteiger partial charge in [0.05, 0.1) is 11.1 Å². The lowest BCUT2D eigenvalue weighted by Crippen LogP contribution is -2.35. The maximum atomic E-state index is 12.7. The predicted octanol–water partition coefficient (Wildman–Crippen LogP) is 1.66. The summed E-state index contributed by atoms with van der Waals surface area (Å²) in [7, 11) is 0. The molecule has 0 bridgehead atoms. The van der Waals surface area contributed by atoms with Crippen molar-refractivity contribution in [3.05, 3.63) is 70.4 Å². The molecule has 0 spiro atoms. The molecule has 2 heterocycles. The standard InChI is InChI=1S/C19H18N4O2/c24-18(21-14-5-6-14)12-23-19(25)16-4-2-1-3-15(16)17(22-23)11-13-7-9-20-10-8-13/h1-4,7-10,14H,5-6,11-12H2,(H,21,24).